The molecule has 106 valence electrons. The molecule has 0 radical (unpaired) electrons. The van der Waals surface area contributed by atoms with Crippen molar-refractivity contribution < 1.29 is 15.0 Å². The fourth-order valence-electron chi connectivity index (χ4n) is 1.94. The maximum atomic E-state index is 11.3. The quantitative estimate of drug-likeness (QED) is 0.723. The zero-order valence-electron chi connectivity index (χ0n) is 11.9. The topological polar surface area (TPSA) is 72.8 Å². The lowest BCUT2D eigenvalue weighted by molar-refractivity contribution is -0.139. The number of carboxylic acid groups (broad SMARTS) is 1. The van der Waals surface area contributed by atoms with E-state index in [0.29, 0.717) is 23.2 Å². The molecule has 0 aliphatic rings. The summed E-state index contributed by atoms with van der Waals surface area (Å²) in [5.74, 6) is -0.690. The van der Waals surface area contributed by atoms with Crippen LogP contribution in [0.1, 0.15) is 22.7 Å². The molecule has 1 atom stereocenters. The lowest BCUT2D eigenvalue weighted by Crippen LogP contribution is -2.34. The number of nitrogens with zero attached hydrogens (tertiary/aromatic N) is 1. The van der Waals surface area contributed by atoms with E-state index in [1.54, 1.807) is 26.0 Å². The zero-order chi connectivity index (χ0) is 14.6. The number of carbonyl (C=O) groups is 1. The molecule has 0 bridgehead atoms. The highest BCUT2D eigenvalue weighted by Gasteiger charge is 2.20. The standard InChI is InChI=1S/C14H22N2O3/c1-9-7-11(8-10(2)13(9)17)12(14(18)19)15-5-6-16(3)4/h7-8,12,15,17H,5-6H2,1-4H3,(H,18,19). The Morgan fingerprint density at radius 2 is 1.84 bits per heavy atom. The zero-order valence-corrected chi connectivity index (χ0v) is 11.9. The number of nitrogens with one attached hydrogen (secondary N) is 1. The Bertz CT molecular complexity index is 435. The van der Waals surface area contributed by atoms with Crippen LogP contribution in [0.2, 0.25) is 0 Å². The molecule has 0 aromatic heterocycles. The molecule has 0 aliphatic carbocycles. The van der Waals surface area contributed by atoms with E-state index in [1.807, 2.05) is 19.0 Å². The van der Waals surface area contributed by atoms with Crippen LogP contribution in [-0.2, 0) is 4.79 Å². The van der Waals surface area contributed by atoms with Gasteiger partial charge in [0.25, 0.3) is 0 Å². The monoisotopic (exact) mass is 266 g/mol. The number of hydrogen-bond acceptors (Lipinski definition) is 4. The number of hydrogen-bond donors (Lipinski definition) is 3. The van der Waals surface area contributed by atoms with E-state index >= 15 is 0 Å². The lowest BCUT2D eigenvalue weighted by Gasteiger charge is -2.18. The van der Waals surface area contributed by atoms with Crippen LogP contribution < -0.4 is 5.32 Å². The molecule has 1 rings (SSSR count). The number of aliphatic carboxylic acids is 1. The van der Waals surface area contributed by atoms with Gasteiger partial charge in [-0.25, -0.2) is 0 Å². The third kappa shape index (κ3) is 4.22. The highest BCUT2D eigenvalue weighted by molar-refractivity contribution is 5.76. The van der Waals surface area contributed by atoms with E-state index in [0.717, 1.165) is 6.54 Å². The third-order valence-electron chi connectivity index (χ3n) is 3.00. The molecule has 1 aromatic rings. The van der Waals surface area contributed by atoms with Crippen molar-refractivity contribution in [1.29, 1.82) is 0 Å². The van der Waals surface area contributed by atoms with Crippen molar-refractivity contribution in [2.45, 2.75) is 19.9 Å². The normalized spacial score (nSPS) is 12.7. The Hall–Kier alpha value is -1.59. The predicted octanol–water partition coefficient (Wildman–Crippen LogP) is 1.29. The summed E-state index contributed by atoms with van der Waals surface area (Å²) in [5.41, 5.74) is 2.05. The van der Waals surface area contributed by atoms with Crippen LogP contribution in [0.25, 0.3) is 0 Å². The van der Waals surface area contributed by atoms with Crippen molar-refractivity contribution >= 4 is 5.97 Å². The van der Waals surface area contributed by atoms with E-state index in [9.17, 15) is 15.0 Å². The molecule has 0 fully saturated rings. The Kier molecular flexibility index (Phi) is 5.32. The van der Waals surface area contributed by atoms with Gasteiger partial charge in [0.1, 0.15) is 11.8 Å². The number of likely N-dealkylation sites (N-methyl/N-ethyl adjacent to an activating group) is 1. The number of aromatic hydroxyl groups is 1. The van der Waals surface area contributed by atoms with Crippen LogP contribution in [0.5, 0.6) is 5.75 Å². The van der Waals surface area contributed by atoms with Gasteiger partial charge in [0.15, 0.2) is 0 Å². The molecule has 1 unspecified atom stereocenters. The van der Waals surface area contributed by atoms with Gasteiger partial charge in [-0.1, -0.05) is 12.1 Å². The van der Waals surface area contributed by atoms with Gasteiger partial charge in [0.05, 0.1) is 0 Å². The number of carboxylic acids is 1. The van der Waals surface area contributed by atoms with Gasteiger partial charge in [0.2, 0.25) is 0 Å². The Morgan fingerprint density at radius 1 is 1.32 bits per heavy atom. The summed E-state index contributed by atoms with van der Waals surface area (Å²) < 4.78 is 0. The molecule has 0 saturated carbocycles. The first-order chi connectivity index (χ1) is 8.82. The van der Waals surface area contributed by atoms with Crippen molar-refractivity contribution in [3.63, 3.8) is 0 Å². The van der Waals surface area contributed by atoms with Crippen LogP contribution in [0.4, 0.5) is 0 Å². The summed E-state index contributed by atoms with van der Waals surface area (Å²) in [6.45, 7) is 4.89. The minimum atomic E-state index is -0.914. The first-order valence-electron chi connectivity index (χ1n) is 6.24. The van der Waals surface area contributed by atoms with E-state index < -0.39 is 12.0 Å². The molecular formula is C14H22N2O3. The van der Waals surface area contributed by atoms with Crippen LogP contribution in [0.3, 0.4) is 0 Å². The molecule has 0 spiro atoms. The molecular weight excluding hydrogens is 244 g/mol. The highest BCUT2D eigenvalue weighted by Crippen LogP contribution is 2.26. The van der Waals surface area contributed by atoms with E-state index in [-0.39, 0.29) is 5.75 Å². The first kappa shape index (κ1) is 15.5. The summed E-state index contributed by atoms with van der Waals surface area (Å²) in [5, 5.41) is 22.0. The van der Waals surface area contributed by atoms with Gasteiger partial charge < -0.3 is 15.1 Å². The fraction of sp³-hybridized carbons (Fsp3) is 0.500. The van der Waals surface area contributed by atoms with Crippen molar-refractivity contribution in [2.24, 2.45) is 0 Å². The maximum absolute atomic E-state index is 11.3. The van der Waals surface area contributed by atoms with Gasteiger partial charge in [-0.05, 0) is 44.6 Å². The fourth-order valence-corrected chi connectivity index (χ4v) is 1.94. The predicted molar refractivity (Wildman–Crippen MR) is 74.5 cm³/mol. The molecule has 19 heavy (non-hydrogen) atoms. The van der Waals surface area contributed by atoms with E-state index in [4.69, 9.17) is 0 Å². The summed E-state index contributed by atoms with van der Waals surface area (Å²) >= 11 is 0. The second-order valence-electron chi connectivity index (χ2n) is 5.03. The van der Waals surface area contributed by atoms with Crippen molar-refractivity contribution in [3.05, 3.63) is 28.8 Å². The number of benzene rings is 1. The maximum Gasteiger partial charge on any atom is 0.325 e. The van der Waals surface area contributed by atoms with Crippen LogP contribution >= 0.6 is 0 Å². The largest absolute Gasteiger partial charge is 0.507 e. The summed E-state index contributed by atoms with van der Waals surface area (Å²) in [6.07, 6.45) is 0. The van der Waals surface area contributed by atoms with Gasteiger partial charge in [-0.15, -0.1) is 0 Å². The minimum Gasteiger partial charge on any atom is -0.507 e. The molecule has 0 amide bonds. The Balaban J connectivity index is 2.90. The van der Waals surface area contributed by atoms with Gasteiger partial charge >= 0.3 is 5.97 Å². The molecule has 5 nitrogen and oxygen atoms in total. The second-order valence-corrected chi connectivity index (χ2v) is 5.03. The number of phenols is 1. The molecule has 0 aliphatic heterocycles. The first-order valence-corrected chi connectivity index (χ1v) is 6.24. The highest BCUT2D eigenvalue weighted by atomic mass is 16.4. The molecule has 0 saturated heterocycles. The third-order valence-corrected chi connectivity index (χ3v) is 3.00. The van der Waals surface area contributed by atoms with Crippen LogP contribution in [-0.4, -0.2) is 48.3 Å². The van der Waals surface area contributed by atoms with Crippen molar-refractivity contribution in [3.8, 4) is 5.75 Å². The van der Waals surface area contributed by atoms with E-state index in [2.05, 4.69) is 5.32 Å². The summed E-state index contributed by atoms with van der Waals surface area (Å²) in [4.78, 5) is 13.3. The minimum absolute atomic E-state index is 0.223. The summed E-state index contributed by atoms with van der Waals surface area (Å²) in [6, 6.07) is 2.67. The Morgan fingerprint density at radius 3 is 2.26 bits per heavy atom. The SMILES string of the molecule is Cc1cc(C(NCCN(C)C)C(=O)O)cc(C)c1O. The number of aryl methyl sites for hydroxylation is 2. The van der Waals surface area contributed by atoms with E-state index in [1.165, 1.54) is 0 Å². The second kappa shape index (κ2) is 6.54. The smallest absolute Gasteiger partial charge is 0.325 e. The summed E-state index contributed by atoms with van der Waals surface area (Å²) in [7, 11) is 3.87. The molecule has 1 aromatic carbocycles. The van der Waals surface area contributed by atoms with Gasteiger partial charge in [0, 0.05) is 13.1 Å². The number of phenolic OH excluding ortho intramolecular Hbond substituents is 1. The van der Waals surface area contributed by atoms with Crippen molar-refractivity contribution in [1.82, 2.24) is 10.2 Å². The molecule has 0 heterocycles. The van der Waals surface area contributed by atoms with Gasteiger partial charge in [-0.2, -0.15) is 0 Å². The average molecular weight is 266 g/mol. The van der Waals surface area contributed by atoms with Gasteiger partial charge in [-0.3, -0.25) is 10.1 Å². The Labute approximate surface area is 113 Å². The average Bonchev–Trinajstić information content (AvgIpc) is 2.30. The van der Waals surface area contributed by atoms with Crippen LogP contribution in [0, 0.1) is 13.8 Å². The number of rotatable bonds is 6. The van der Waals surface area contributed by atoms with Crippen LogP contribution in [0.15, 0.2) is 12.1 Å². The molecule has 5 heteroatoms. The lowest BCUT2D eigenvalue weighted by atomic mass is 10.00. The van der Waals surface area contributed by atoms with Crippen molar-refractivity contribution in [2.75, 3.05) is 27.2 Å². The molecule has 3 N–H and O–H groups in total.